The zero-order chi connectivity index (χ0) is 14.5. The second kappa shape index (κ2) is 7.06. The zero-order valence-electron chi connectivity index (χ0n) is 12.1. The van der Waals surface area contributed by atoms with Gasteiger partial charge in [-0.1, -0.05) is 41.1 Å². The van der Waals surface area contributed by atoms with Crippen LogP contribution < -0.4 is 10.6 Å². The van der Waals surface area contributed by atoms with E-state index in [1.54, 1.807) is 0 Å². The third-order valence-electron chi connectivity index (χ3n) is 3.30. The number of carbonyl (C=O) groups is 1. The predicted octanol–water partition coefficient (Wildman–Crippen LogP) is 3.40. The summed E-state index contributed by atoms with van der Waals surface area (Å²) in [5, 5.41) is 6.26. The number of carbonyl (C=O) groups excluding carboxylic acids is 1. The summed E-state index contributed by atoms with van der Waals surface area (Å²) in [6.45, 7) is 8.51. The summed E-state index contributed by atoms with van der Waals surface area (Å²) in [7, 11) is 0. The van der Waals surface area contributed by atoms with E-state index in [-0.39, 0.29) is 17.5 Å². The fourth-order valence-electron chi connectivity index (χ4n) is 1.69. The highest BCUT2D eigenvalue weighted by Gasteiger charge is 2.18. The van der Waals surface area contributed by atoms with Crippen molar-refractivity contribution in [2.24, 2.45) is 0 Å². The summed E-state index contributed by atoms with van der Waals surface area (Å²) in [4.78, 5) is 11.9. The van der Waals surface area contributed by atoms with Crippen LogP contribution in [0.5, 0.6) is 0 Å². The standard InChI is InChI=1S/C15H23BrN2O/c1-5-15(3,4)18-14(19)10-17-11(2)12-8-6-7-9-13(12)16/h6-9,11,17H,5,10H2,1-4H3,(H,18,19)/t11-/m1/s1. The maximum Gasteiger partial charge on any atom is 0.234 e. The van der Waals surface area contributed by atoms with Gasteiger partial charge in [-0.15, -0.1) is 0 Å². The molecule has 3 nitrogen and oxygen atoms in total. The first-order valence-corrected chi connectivity index (χ1v) is 7.44. The van der Waals surface area contributed by atoms with Crippen molar-refractivity contribution in [3.63, 3.8) is 0 Å². The van der Waals surface area contributed by atoms with E-state index in [2.05, 4.69) is 46.5 Å². The van der Waals surface area contributed by atoms with Crippen molar-refractivity contribution >= 4 is 21.8 Å². The molecule has 0 heterocycles. The first-order valence-electron chi connectivity index (χ1n) is 6.64. The molecule has 1 amide bonds. The van der Waals surface area contributed by atoms with Gasteiger partial charge in [0, 0.05) is 16.1 Å². The summed E-state index contributed by atoms with van der Waals surface area (Å²) >= 11 is 3.52. The van der Waals surface area contributed by atoms with Crippen molar-refractivity contribution in [3.05, 3.63) is 34.3 Å². The van der Waals surface area contributed by atoms with Crippen LogP contribution in [0.4, 0.5) is 0 Å². The van der Waals surface area contributed by atoms with Gasteiger partial charge >= 0.3 is 0 Å². The Bertz CT molecular complexity index is 432. The number of halogens is 1. The molecule has 1 rings (SSSR count). The number of rotatable bonds is 6. The molecule has 0 radical (unpaired) electrons. The van der Waals surface area contributed by atoms with Gasteiger partial charge < -0.3 is 10.6 Å². The maximum absolute atomic E-state index is 11.9. The second-order valence-electron chi connectivity index (χ2n) is 5.41. The molecule has 0 aromatic heterocycles. The van der Waals surface area contributed by atoms with Crippen molar-refractivity contribution in [1.82, 2.24) is 10.6 Å². The van der Waals surface area contributed by atoms with E-state index in [0.29, 0.717) is 6.54 Å². The van der Waals surface area contributed by atoms with Gasteiger partial charge in [-0.05, 0) is 38.8 Å². The van der Waals surface area contributed by atoms with Crippen LogP contribution in [0.2, 0.25) is 0 Å². The molecule has 0 saturated heterocycles. The molecular weight excluding hydrogens is 304 g/mol. The van der Waals surface area contributed by atoms with Crippen LogP contribution in [0.15, 0.2) is 28.7 Å². The van der Waals surface area contributed by atoms with E-state index in [1.807, 2.05) is 32.0 Å². The molecule has 0 aliphatic rings. The highest BCUT2D eigenvalue weighted by molar-refractivity contribution is 9.10. The van der Waals surface area contributed by atoms with Crippen molar-refractivity contribution in [2.75, 3.05) is 6.54 Å². The van der Waals surface area contributed by atoms with Gasteiger partial charge in [0.2, 0.25) is 5.91 Å². The van der Waals surface area contributed by atoms with Gasteiger partial charge in [0.05, 0.1) is 6.54 Å². The maximum atomic E-state index is 11.9. The number of benzene rings is 1. The lowest BCUT2D eigenvalue weighted by Gasteiger charge is -2.25. The minimum Gasteiger partial charge on any atom is -0.350 e. The van der Waals surface area contributed by atoms with Gasteiger partial charge in [-0.3, -0.25) is 4.79 Å². The molecule has 0 aliphatic carbocycles. The fourth-order valence-corrected chi connectivity index (χ4v) is 2.32. The van der Waals surface area contributed by atoms with Gasteiger partial charge in [-0.25, -0.2) is 0 Å². The van der Waals surface area contributed by atoms with E-state index < -0.39 is 0 Å². The molecule has 0 spiro atoms. The Balaban J connectivity index is 2.49. The number of nitrogens with one attached hydrogen (secondary N) is 2. The molecule has 1 aromatic carbocycles. The normalized spacial score (nSPS) is 13.1. The Morgan fingerprint density at radius 2 is 2.00 bits per heavy atom. The van der Waals surface area contributed by atoms with Crippen LogP contribution in [-0.4, -0.2) is 18.0 Å². The summed E-state index contributed by atoms with van der Waals surface area (Å²) in [6, 6.07) is 8.17. The van der Waals surface area contributed by atoms with Crippen molar-refractivity contribution in [2.45, 2.75) is 45.7 Å². The Hall–Kier alpha value is -0.870. The molecule has 0 aliphatic heterocycles. The number of hydrogen-bond acceptors (Lipinski definition) is 2. The Morgan fingerprint density at radius 1 is 1.37 bits per heavy atom. The quantitative estimate of drug-likeness (QED) is 0.841. The first kappa shape index (κ1) is 16.2. The third-order valence-corrected chi connectivity index (χ3v) is 4.02. The zero-order valence-corrected chi connectivity index (χ0v) is 13.7. The smallest absolute Gasteiger partial charge is 0.234 e. The molecule has 106 valence electrons. The molecule has 4 heteroatoms. The lowest BCUT2D eigenvalue weighted by molar-refractivity contribution is -0.122. The molecular formula is C15H23BrN2O. The van der Waals surface area contributed by atoms with Crippen molar-refractivity contribution in [1.29, 1.82) is 0 Å². The van der Waals surface area contributed by atoms with Crippen molar-refractivity contribution < 1.29 is 4.79 Å². The van der Waals surface area contributed by atoms with E-state index >= 15 is 0 Å². The van der Waals surface area contributed by atoms with Crippen LogP contribution in [0.1, 0.15) is 45.7 Å². The molecule has 0 saturated carbocycles. The molecule has 1 atom stereocenters. The van der Waals surface area contributed by atoms with Gasteiger partial charge in [0.25, 0.3) is 0 Å². The molecule has 2 N–H and O–H groups in total. The average Bonchev–Trinajstić information content (AvgIpc) is 2.36. The van der Waals surface area contributed by atoms with Crippen LogP contribution in [0, 0.1) is 0 Å². The van der Waals surface area contributed by atoms with Gasteiger partial charge in [-0.2, -0.15) is 0 Å². The van der Waals surface area contributed by atoms with Gasteiger partial charge in [0.1, 0.15) is 0 Å². The molecule has 0 fully saturated rings. The van der Waals surface area contributed by atoms with E-state index in [9.17, 15) is 4.79 Å². The Kier molecular flexibility index (Phi) is 6.01. The second-order valence-corrected chi connectivity index (χ2v) is 6.26. The molecule has 19 heavy (non-hydrogen) atoms. The average molecular weight is 327 g/mol. The third kappa shape index (κ3) is 5.33. The Labute approximate surface area is 124 Å². The van der Waals surface area contributed by atoms with Crippen LogP contribution in [0.3, 0.4) is 0 Å². The minimum atomic E-state index is -0.144. The van der Waals surface area contributed by atoms with Crippen LogP contribution in [0.25, 0.3) is 0 Å². The van der Waals surface area contributed by atoms with Crippen LogP contribution in [-0.2, 0) is 4.79 Å². The highest BCUT2D eigenvalue weighted by atomic mass is 79.9. The van der Waals surface area contributed by atoms with Gasteiger partial charge in [0.15, 0.2) is 0 Å². The Morgan fingerprint density at radius 3 is 2.58 bits per heavy atom. The number of amides is 1. The fraction of sp³-hybridized carbons (Fsp3) is 0.533. The summed E-state index contributed by atoms with van der Waals surface area (Å²) < 4.78 is 1.06. The van der Waals surface area contributed by atoms with E-state index in [1.165, 1.54) is 0 Å². The minimum absolute atomic E-state index is 0.0331. The monoisotopic (exact) mass is 326 g/mol. The predicted molar refractivity (Wildman–Crippen MR) is 83.1 cm³/mol. The van der Waals surface area contributed by atoms with E-state index in [0.717, 1.165) is 16.5 Å². The molecule has 0 unspecified atom stereocenters. The molecule has 1 aromatic rings. The largest absolute Gasteiger partial charge is 0.350 e. The number of hydrogen-bond donors (Lipinski definition) is 2. The highest BCUT2D eigenvalue weighted by Crippen LogP contribution is 2.22. The first-order chi connectivity index (χ1) is 8.85. The summed E-state index contributed by atoms with van der Waals surface area (Å²) in [6.07, 6.45) is 0.915. The summed E-state index contributed by atoms with van der Waals surface area (Å²) in [5.41, 5.74) is 1.01. The lowest BCUT2D eigenvalue weighted by Crippen LogP contribution is -2.46. The van der Waals surface area contributed by atoms with Crippen LogP contribution >= 0.6 is 15.9 Å². The SMILES string of the molecule is CCC(C)(C)NC(=O)CN[C@H](C)c1ccccc1Br. The molecule has 0 bridgehead atoms. The summed E-state index contributed by atoms with van der Waals surface area (Å²) in [5.74, 6) is 0.0331. The van der Waals surface area contributed by atoms with E-state index in [4.69, 9.17) is 0 Å². The lowest BCUT2D eigenvalue weighted by atomic mass is 10.0. The van der Waals surface area contributed by atoms with Crippen molar-refractivity contribution in [3.8, 4) is 0 Å². The topological polar surface area (TPSA) is 41.1 Å².